The average molecular weight is 264 g/mol. The van der Waals surface area contributed by atoms with Crippen LogP contribution in [0.1, 0.15) is 18.4 Å². The fraction of sp³-hybridized carbons (Fsp3) is 0.429. The Hall–Kier alpha value is -0.510. The molecule has 0 aliphatic carbocycles. The van der Waals surface area contributed by atoms with Crippen LogP contribution in [0.5, 0.6) is 0 Å². The molecule has 90 valence electrons. The monoisotopic (exact) mass is 264 g/mol. The molecule has 1 aliphatic heterocycles. The first-order valence-corrected chi connectivity index (χ1v) is 8.02. The molecule has 1 nitrogen and oxygen atoms in total. The summed E-state index contributed by atoms with van der Waals surface area (Å²) in [5, 5.41) is 14.2. The van der Waals surface area contributed by atoms with Crippen molar-refractivity contribution in [2.75, 3.05) is 5.75 Å². The van der Waals surface area contributed by atoms with Gasteiger partial charge in [-0.2, -0.15) is 11.8 Å². The third-order valence-electron chi connectivity index (χ3n) is 3.38. The molecule has 2 aromatic rings. The van der Waals surface area contributed by atoms with Gasteiger partial charge in [0, 0.05) is 16.4 Å². The standard InChI is InChI=1S/C14H16OS2/c15-12(14-6-3-7-16-14)8-10-9-17-13-5-2-1-4-11(10)13/h1-2,4-5,9,12,14-15H,3,6-8H2. The zero-order valence-corrected chi connectivity index (χ0v) is 11.3. The van der Waals surface area contributed by atoms with E-state index in [0.717, 1.165) is 6.42 Å². The highest BCUT2D eigenvalue weighted by Gasteiger charge is 2.24. The third-order valence-corrected chi connectivity index (χ3v) is 5.90. The second-order valence-corrected chi connectivity index (χ2v) is 6.84. The second-order valence-electron chi connectivity index (χ2n) is 4.58. The predicted octanol–water partition coefficient (Wildman–Crippen LogP) is 3.70. The molecule has 17 heavy (non-hydrogen) atoms. The molecule has 0 saturated carbocycles. The van der Waals surface area contributed by atoms with Crippen molar-refractivity contribution in [1.29, 1.82) is 0 Å². The van der Waals surface area contributed by atoms with E-state index in [2.05, 4.69) is 29.6 Å². The Morgan fingerprint density at radius 1 is 1.35 bits per heavy atom. The lowest BCUT2D eigenvalue weighted by Gasteiger charge is -2.16. The van der Waals surface area contributed by atoms with Crippen molar-refractivity contribution in [1.82, 2.24) is 0 Å². The lowest BCUT2D eigenvalue weighted by molar-refractivity contribution is 0.171. The Morgan fingerprint density at radius 2 is 2.24 bits per heavy atom. The van der Waals surface area contributed by atoms with E-state index in [4.69, 9.17) is 0 Å². The summed E-state index contributed by atoms with van der Waals surface area (Å²) in [6.07, 6.45) is 3.06. The average Bonchev–Trinajstić information content (AvgIpc) is 2.98. The molecular weight excluding hydrogens is 248 g/mol. The van der Waals surface area contributed by atoms with Gasteiger partial charge in [-0.25, -0.2) is 0 Å². The number of thiophene rings is 1. The molecule has 0 radical (unpaired) electrons. The second kappa shape index (κ2) is 5.01. The van der Waals surface area contributed by atoms with Crippen LogP contribution in [0, 0.1) is 0 Å². The first kappa shape index (κ1) is 11.6. The van der Waals surface area contributed by atoms with Crippen molar-refractivity contribution in [3.8, 4) is 0 Å². The molecule has 2 atom stereocenters. The van der Waals surface area contributed by atoms with E-state index >= 15 is 0 Å². The molecular formula is C14H16OS2. The van der Waals surface area contributed by atoms with Crippen molar-refractivity contribution in [2.24, 2.45) is 0 Å². The number of fused-ring (bicyclic) bond motifs is 1. The highest BCUT2D eigenvalue weighted by Crippen LogP contribution is 2.32. The van der Waals surface area contributed by atoms with E-state index < -0.39 is 0 Å². The van der Waals surface area contributed by atoms with Gasteiger partial charge in [-0.15, -0.1) is 11.3 Å². The topological polar surface area (TPSA) is 20.2 Å². The molecule has 1 aliphatic rings. The number of rotatable bonds is 3. The number of aliphatic hydroxyl groups is 1. The summed E-state index contributed by atoms with van der Waals surface area (Å²) < 4.78 is 1.33. The number of hydrogen-bond acceptors (Lipinski definition) is 3. The van der Waals surface area contributed by atoms with Gasteiger partial charge in [-0.1, -0.05) is 18.2 Å². The van der Waals surface area contributed by atoms with Crippen molar-refractivity contribution in [2.45, 2.75) is 30.6 Å². The van der Waals surface area contributed by atoms with Gasteiger partial charge in [0.15, 0.2) is 0 Å². The maximum absolute atomic E-state index is 10.3. The molecule has 0 bridgehead atoms. The Labute approximate surface area is 110 Å². The van der Waals surface area contributed by atoms with Crippen LogP contribution >= 0.6 is 23.1 Å². The molecule has 3 heteroatoms. The molecule has 0 amide bonds. The quantitative estimate of drug-likeness (QED) is 0.912. The Bertz CT molecular complexity index is 500. The van der Waals surface area contributed by atoms with Crippen LogP contribution < -0.4 is 0 Å². The SMILES string of the molecule is OC(Cc1csc2ccccc12)C1CCCS1. The normalized spacial score (nSPS) is 22.1. The van der Waals surface area contributed by atoms with Crippen molar-refractivity contribution < 1.29 is 5.11 Å². The van der Waals surface area contributed by atoms with E-state index in [1.54, 1.807) is 11.3 Å². The molecule has 2 unspecified atom stereocenters. The summed E-state index contributed by atoms with van der Waals surface area (Å²) in [6.45, 7) is 0. The smallest absolute Gasteiger partial charge is 0.0699 e. The maximum Gasteiger partial charge on any atom is 0.0699 e. The summed E-state index contributed by atoms with van der Waals surface area (Å²) in [5.41, 5.74) is 1.31. The first-order valence-electron chi connectivity index (χ1n) is 6.09. The molecule has 1 saturated heterocycles. The van der Waals surface area contributed by atoms with Crippen molar-refractivity contribution >= 4 is 33.2 Å². The van der Waals surface area contributed by atoms with Crippen LogP contribution in [-0.4, -0.2) is 22.2 Å². The van der Waals surface area contributed by atoms with Gasteiger partial charge in [0.1, 0.15) is 0 Å². The van der Waals surface area contributed by atoms with Crippen LogP contribution in [0.25, 0.3) is 10.1 Å². The van der Waals surface area contributed by atoms with Crippen LogP contribution in [0.3, 0.4) is 0 Å². The van der Waals surface area contributed by atoms with E-state index in [9.17, 15) is 5.11 Å². The van der Waals surface area contributed by atoms with Gasteiger partial charge in [0.25, 0.3) is 0 Å². The zero-order chi connectivity index (χ0) is 11.7. The summed E-state index contributed by atoms with van der Waals surface area (Å²) in [4.78, 5) is 0. The van der Waals surface area contributed by atoms with Gasteiger partial charge in [0.05, 0.1) is 6.10 Å². The molecule has 1 fully saturated rings. The number of hydrogen-bond donors (Lipinski definition) is 1. The molecule has 1 aromatic carbocycles. The van der Waals surface area contributed by atoms with Crippen LogP contribution in [0.2, 0.25) is 0 Å². The minimum atomic E-state index is -0.180. The summed E-state index contributed by atoms with van der Waals surface area (Å²) >= 11 is 3.71. The van der Waals surface area contributed by atoms with Gasteiger partial charge in [-0.05, 0) is 41.0 Å². The number of benzene rings is 1. The molecule has 1 N–H and O–H groups in total. The Morgan fingerprint density at radius 3 is 3.06 bits per heavy atom. The Balaban J connectivity index is 1.80. The van der Waals surface area contributed by atoms with Crippen molar-refractivity contribution in [3.63, 3.8) is 0 Å². The Kier molecular flexibility index (Phi) is 3.41. The third kappa shape index (κ3) is 2.37. The van der Waals surface area contributed by atoms with Gasteiger partial charge >= 0.3 is 0 Å². The number of thioether (sulfide) groups is 1. The minimum absolute atomic E-state index is 0.180. The summed E-state index contributed by atoms with van der Waals surface area (Å²) in [5.74, 6) is 1.21. The van der Waals surface area contributed by atoms with Gasteiger partial charge < -0.3 is 5.11 Å². The molecule has 2 heterocycles. The molecule has 1 aromatic heterocycles. The van der Waals surface area contributed by atoms with E-state index in [1.165, 1.54) is 34.2 Å². The highest BCUT2D eigenvalue weighted by atomic mass is 32.2. The number of aliphatic hydroxyl groups excluding tert-OH is 1. The summed E-state index contributed by atoms with van der Waals surface area (Å²) in [6, 6.07) is 8.47. The van der Waals surface area contributed by atoms with Crippen LogP contribution in [0.4, 0.5) is 0 Å². The largest absolute Gasteiger partial charge is 0.392 e. The van der Waals surface area contributed by atoms with E-state index in [1.807, 2.05) is 11.8 Å². The fourth-order valence-corrected chi connectivity index (χ4v) is 4.72. The van der Waals surface area contributed by atoms with Gasteiger partial charge in [-0.3, -0.25) is 0 Å². The molecule has 3 rings (SSSR count). The minimum Gasteiger partial charge on any atom is -0.392 e. The van der Waals surface area contributed by atoms with E-state index in [-0.39, 0.29) is 6.10 Å². The first-order chi connectivity index (χ1) is 8.34. The van der Waals surface area contributed by atoms with E-state index in [0.29, 0.717) is 5.25 Å². The van der Waals surface area contributed by atoms with Crippen LogP contribution in [-0.2, 0) is 6.42 Å². The van der Waals surface area contributed by atoms with Crippen LogP contribution in [0.15, 0.2) is 29.6 Å². The lowest BCUT2D eigenvalue weighted by atomic mass is 10.0. The highest BCUT2D eigenvalue weighted by molar-refractivity contribution is 8.00. The van der Waals surface area contributed by atoms with Crippen molar-refractivity contribution in [3.05, 3.63) is 35.2 Å². The zero-order valence-electron chi connectivity index (χ0n) is 9.63. The van der Waals surface area contributed by atoms with Gasteiger partial charge in [0.2, 0.25) is 0 Å². The maximum atomic E-state index is 10.3. The fourth-order valence-electron chi connectivity index (χ4n) is 2.45. The predicted molar refractivity (Wildman–Crippen MR) is 77.0 cm³/mol. The molecule has 0 spiro atoms. The summed E-state index contributed by atoms with van der Waals surface area (Å²) in [7, 11) is 0. The lowest BCUT2D eigenvalue weighted by Crippen LogP contribution is -2.22.